The molecule has 1 saturated carbocycles. The van der Waals surface area contributed by atoms with Crippen LogP contribution in [0.15, 0.2) is 0 Å². The Bertz CT molecular complexity index is 250. The van der Waals surface area contributed by atoms with Crippen LogP contribution in [0.1, 0.15) is 79.1 Å². The quantitative estimate of drug-likeness (QED) is 0.640. The van der Waals surface area contributed by atoms with Gasteiger partial charge in [-0.05, 0) is 58.8 Å². The van der Waals surface area contributed by atoms with Crippen molar-refractivity contribution < 1.29 is 9.53 Å². The van der Waals surface area contributed by atoms with E-state index in [-0.39, 0.29) is 17.0 Å². The monoisotopic (exact) mass is 240 g/mol. The average molecular weight is 240 g/mol. The number of carbonyl (C=O) groups excluding carboxylic acids is 1. The maximum Gasteiger partial charge on any atom is 0.312 e. The van der Waals surface area contributed by atoms with Gasteiger partial charge in [0.25, 0.3) is 0 Å². The van der Waals surface area contributed by atoms with Crippen molar-refractivity contribution in [2.24, 2.45) is 5.41 Å². The zero-order valence-corrected chi connectivity index (χ0v) is 12.0. The fourth-order valence-corrected chi connectivity index (χ4v) is 2.40. The highest BCUT2D eigenvalue weighted by atomic mass is 16.6. The highest BCUT2D eigenvalue weighted by Gasteiger charge is 2.40. The third-order valence-corrected chi connectivity index (χ3v) is 4.25. The van der Waals surface area contributed by atoms with E-state index in [0.717, 1.165) is 25.7 Å². The van der Waals surface area contributed by atoms with Crippen molar-refractivity contribution in [1.82, 2.24) is 0 Å². The molecule has 0 aromatic rings. The van der Waals surface area contributed by atoms with Gasteiger partial charge in [-0.15, -0.1) is 0 Å². The lowest BCUT2D eigenvalue weighted by molar-refractivity contribution is -0.171. The van der Waals surface area contributed by atoms with Crippen LogP contribution >= 0.6 is 0 Å². The predicted octanol–water partition coefficient (Wildman–Crippen LogP) is 4.47. The molecule has 0 radical (unpaired) electrons. The molecule has 2 nitrogen and oxygen atoms in total. The van der Waals surface area contributed by atoms with Gasteiger partial charge in [0.15, 0.2) is 0 Å². The highest BCUT2D eigenvalue weighted by Crippen LogP contribution is 2.39. The van der Waals surface area contributed by atoms with Crippen molar-refractivity contribution in [3.05, 3.63) is 0 Å². The van der Waals surface area contributed by atoms with Crippen LogP contribution in [0.25, 0.3) is 0 Å². The number of ether oxygens (including phenoxy) is 1. The summed E-state index contributed by atoms with van der Waals surface area (Å²) in [5.74, 6) is -0.00185. The van der Waals surface area contributed by atoms with Crippen molar-refractivity contribution in [1.29, 1.82) is 0 Å². The molecule has 0 atom stereocenters. The topological polar surface area (TPSA) is 26.3 Å². The Kier molecular flexibility index (Phi) is 5.03. The van der Waals surface area contributed by atoms with Crippen LogP contribution in [-0.4, -0.2) is 11.6 Å². The van der Waals surface area contributed by atoms with E-state index in [2.05, 4.69) is 13.8 Å². The summed E-state index contributed by atoms with van der Waals surface area (Å²) < 4.78 is 5.92. The van der Waals surface area contributed by atoms with Crippen molar-refractivity contribution in [3.63, 3.8) is 0 Å². The maximum atomic E-state index is 12.2. The van der Waals surface area contributed by atoms with Crippen molar-refractivity contribution in [2.75, 3.05) is 0 Å². The van der Waals surface area contributed by atoms with Crippen LogP contribution in [0.5, 0.6) is 0 Å². The van der Waals surface area contributed by atoms with Gasteiger partial charge in [-0.3, -0.25) is 4.79 Å². The van der Waals surface area contributed by atoms with Gasteiger partial charge in [0.1, 0.15) is 5.60 Å². The van der Waals surface area contributed by atoms with Crippen LogP contribution in [0.2, 0.25) is 0 Å². The van der Waals surface area contributed by atoms with Crippen LogP contribution < -0.4 is 0 Å². The normalized spacial score (nSPS) is 19.3. The largest absolute Gasteiger partial charge is 0.459 e. The average Bonchev–Trinajstić information content (AvgIpc) is 2.75. The summed E-state index contributed by atoms with van der Waals surface area (Å²) in [6.07, 6.45) is 8.80. The van der Waals surface area contributed by atoms with Gasteiger partial charge in [-0.25, -0.2) is 0 Å². The van der Waals surface area contributed by atoms with Gasteiger partial charge in [0.2, 0.25) is 0 Å². The molecule has 0 spiro atoms. The Morgan fingerprint density at radius 1 is 1.24 bits per heavy atom. The first-order chi connectivity index (χ1) is 7.96. The van der Waals surface area contributed by atoms with Gasteiger partial charge in [0, 0.05) is 0 Å². The SMILES string of the molecule is CCCCC1(OC(=O)C(C)(C)CC)CCCC1. The van der Waals surface area contributed by atoms with E-state index in [1.807, 2.05) is 13.8 Å². The number of hydrogen-bond donors (Lipinski definition) is 0. The molecule has 0 aliphatic heterocycles. The van der Waals surface area contributed by atoms with Crippen molar-refractivity contribution in [3.8, 4) is 0 Å². The summed E-state index contributed by atoms with van der Waals surface area (Å²) in [6, 6.07) is 0. The molecule has 1 aliphatic carbocycles. The molecule has 100 valence electrons. The van der Waals surface area contributed by atoms with Crippen LogP contribution in [-0.2, 0) is 9.53 Å². The van der Waals surface area contributed by atoms with Gasteiger partial charge < -0.3 is 4.74 Å². The minimum atomic E-state index is -0.332. The van der Waals surface area contributed by atoms with E-state index < -0.39 is 0 Å². The van der Waals surface area contributed by atoms with Crippen molar-refractivity contribution in [2.45, 2.75) is 84.7 Å². The second-order valence-corrected chi connectivity index (χ2v) is 6.12. The third kappa shape index (κ3) is 3.72. The summed E-state index contributed by atoms with van der Waals surface area (Å²) in [4.78, 5) is 12.2. The Morgan fingerprint density at radius 3 is 2.29 bits per heavy atom. The van der Waals surface area contributed by atoms with Gasteiger partial charge >= 0.3 is 5.97 Å². The fourth-order valence-electron chi connectivity index (χ4n) is 2.40. The molecule has 0 bridgehead atoms. The summed E-state index contributed by atoms with van der Waals surface area (Å²) in [7, 11) is 0. The third-order valence-electron chi connectivity index (χ3n) is 4.25. The van der Waals surface area contributed by atoms with Gasteiger partial charge in [-0.2, -0.15) is 0 Å². The van der Waals surface area contributed by atoms with Gasteiger partial charge in [-0.1, -0.05) is 20.3 Å². The molecular formula is C15H28O2. The van der Waals surface area contributed by atoms with Gasteiger partial charge in [0.05, 0.1) is 5.41 Å². The predicted molar refractivity (Wildman–Crippen MR) is 70.9 cm³/mol. The first kappa shape index (κ1) is 14.5. The molecule has 0 aromatic heterocycles. The zero-order valence-electron chi connectivity index (χ0n) is 12.0. The molecule has 0 heterocycles. The van der Waals surface area contributed by atoms with Crippen LogP contribution in [0, 0.1) is 5.41 Å². The number of unbranched alkanes of at least 4 members (excludes halogenated alkanes) is 1. The van der Waals surface area contributed by atoms with Crippen LogP contribution in [0.4, 0.5) is 0 Å². The van der Waals surface area contributed by atoms with E-state index in [9.17, 15) is 4.79 Å². The number of rotatable bonds is 6. The zero-order chi connectivity index (χ0) is 12.9. The highest BCUT2D eigenvalue weighted by molar-refractivity contribution is 5.76. The molecule has 1 aliphatic rings. The standard InChI is InChI=1S/C15H28O2/c1-5-7-10-15(11-8-9-12-15)17-13(16)14(3,4)6-2/h5-12H2,1-4H3. The number of carbonyl (C=O) groups is 1. The Balaban J connectivity index is 2.64. The first-order valence-corrected chi connectivity index (χ1v) is 7.19. The summed E-state index contributed by atoms with van der Waals surface area (Å²) >= 11 is 0. The van der Waals surface area contributed by atoms with Crippen LogP contribution in [0.3, 0.4) is 0 Å². The second-order valence-electron chi connectivity index (χ2n) is 6.12. The van der Waals surface area contributed by atoms with E-state index in [4.69, 9.17) is 4.74 Å². The molecule has 0 amide bonds. The number of hydrogen-bond acceptors (Lipinski definition) is 2. The molecule has 1 fully saturated rings. The lowest BCUT2D eigenvalue weighted by Crippen LogP contribution is -2.37. The lowest BCUT2D eigenvalue weighted by Gasteiger charge is -2.33. The fraction of sp³-hybridized carbons (Fsp3) is 0.933. The van der Waals surface area contributed by atoms with E-state index in [0.29, 0.717) is 0 Å². The smallest absolute Gasteiger partial charge is 0.312 e. The molecule has 17 heavy (non-hydrogen) atoms. The second kappa shape index (κ2) is 5.88. The molecular weight excluding hydrogens is 212 g/mol. The minimum Gasteiger partial charge on any atom is -0.459 e. The molecule has 2 heteroatoms. The Hall–Kier alpha value is -0.530. The molecule has 0 unspecified atom stereocenters. The van der Waals surface area contributed by atoms with E-state index in [1.54, 1.807) is 0 Å². The molecule has 0 saturated heterocycles. The maximum absolute atomic E-state index is 12.2. The Morgan fingerprint density at radius 2 is 1.82 bits per heavy atom. The Labute approximate surface area is 106 Å². The molecule has 0 N–H and O–H groups in total. The summed E-state index contributed by atoms with van der Waals surface area (Å²) in [5.41, 5.74) is -0.457. The van der Waals surface area contributed by atoms with E-state index >= 15 is 0 Å². The lowest BCUT2D eigenvalue weighted by atomic mass is 9.89. The molecule has 1 rings (SSSR count). The summed E-state index contributed by atoms with van der Waals surface area (Å²) in [5, 5.41) is 0. The van der Waals surface area contributed by atoms with Crippen molar-refractivity contribution >= 4 is 5.97 Å². The minimum absolute atomic E-state index is 0.00185. The first-order valence-electron chi connectivity index (χ1n) is 7.19. The number of esters is 1. The molecule has 0 aromatic carbocycles. The van der Waals surface area contributed by atoms with E-state index in [1.165, 1.54) is 25.7 Å². The summed E-state index contributed by atoms with van der Waals surface area (Å²) in [6.45, 7) is 8.21.